The van der Waals surface area contributed by atoms with Crippen LogP contribution in [-0.2, 0) is 9.53 Å². The van der Waals surface area contributed by atoms with Crippen molar-refractivity contribution in [3.63, 3.8) is 0 Å². The van der Waals surface area contributed by atoms with E-state index < -0.39 is 12.0 Å². The van der Waals surface area contributed by atoms with Crippen molar-refractivity contribution in [1.29, 1.82) is 0 Å². The Morgan fingerprint density at radius 3 is 2.62 bits per heavy atom. The van der Waals surface area contributed by atoms with Gasteiger partial charge in [-0.1, -0.05) is 38.1 Å². The molecule has 2 aliphatic rings. The van der Waals surface area contributed by atoms with Crippen LogP contribution in [0.1, 0.15) is 57.3 Å². The molecule has 224 valence electrons. The predicted octanol–water partition coefficient (Wildman–Crippen LogP) is 5.75. The van der Waals surface area contributed by atoms with Gasteiger partial charge in [0.2, 0.25) is 5.91 Å². The van der Waals surface area contributed by atoms with Crippen LogP contribution in [0.25, 0.3) is 11.3 Å². The lowest BCUT2D eigenvalue weighted by Gasteiger charge is -2.33. The first-order valence-electron chi connectivity index (χ1n) is 13.6. The fraction of sp³-hybridized carbons (Fsp3) is 0.414. The normalized spacial score (nSPS) is 21.2. The van der Waals surface area contributed by atoms with Gasteiger partial charge in [0, 0.05) is 5.69 Å². The van der Waals surface area contributed by atoms with E-state index in [0.29, 0.717) is 30.1 Å². The summed E-state index contributed by atoms with van der Waals surface area (Å²) in [6.07, 6.45) is 0.975. The molecule has 42 heavy (non-hydrogen) atoms. The van der Waals surface area contributed by atoms with Gasteiger partial charge < -0.3 is 9.47 Å². The molecule has 2 atom stereocenters. The number of allylic oxidation sites excluding steroid dienone is 1. The molecular formula is C29H33F3N6O3S. The number of carbonyl (C=O) groups is 1. The number of aromatic nitrogens is 3. The molecular weight excluding hydrogens is 569 g/mol. The summed E-state index contributed by atoms with van der Waals surface area (Å²) >= 11 is 1.53. The zero-order chi connectivity index (χ0) is 29.9. The van der Waals surface area contributed by atoms with Crippen molar-refractivity contribution < 1.29 is 27.4 Å². The van der Waals surface area contributed by atoms with Crippen LogP contribution >= 0.6 is 11.8 Å². The lowest BCUT2D eigenvalue weighted by atomic mass is 9.86. The molecule has 1 aliphatic carbocycles. The summed E-state index contributed by atoms with van der Waals surface area (Å²) in [5.74, 6) is 1.03. The lowest BCUT2D eigenvalue weighted by molar-refractivity contribution is -0.274. The zero-order valence-electron chi connectivity index (χ0n) is 23.5. The Balaban J connectivity index is 1.13. The van der Waals surface area contributed by atoms with Crippen molar-refractivity contribution in [1.82, 2.24) is 25.6 Å². The van der Waals surface area contributed by atoms with E-state index in [1.807, 2.05) is 18.2 Å². The smallest absolute Gasteiger partial charge is 0.406 e. The van der Waals surface area contributed by atoms with Gasteiger partial charge in [-0.2, -0.15) is 0 Å². The van der Waals surface area contributed by atoms with E-state index in [-0.39, 0.29) is 29.8 Å². The second-order valence-corrected chi connectivity index (χ2v) is 11.8. The van der Waals surface area contributed by atoms with Gasteiger partial charge in [0.15, 0.2) is 5.82 Å². The first-order chi connectivity index (χ1) is 20.0. The van der Waals surface area contributed by atoms with Crippen LogP contribution in [0, 0.1) is 0 Å². The maximum absolute atomic E-state index is 12.7. The molecule has 2 heterocycles. The number of para-hydroxylation sites is 1. The van der Waals surface area contributed by atoms with Gasteiger partial charge in [-0.05, 0) is 73.6 Å². The minimum Gasteiger partial charge on any atom is -0.406 e. The van der Waals surface area contributed by atoms with Gasteiger partial charge in [-0.25, -0.2) is 20.5 Å². The maximum atomic E-state index is 12.7. The highest BCUT2D eigenvalue weighted by atomic mass is 32.2. The van der Waals surface area contributed by atoms with Crippen molar-refractivity contribution in [2.24, 2.45) is 0 Å². The number of halogens is 3. The van der Waals surface area contributed by atoms with Crippen LogP contribution in [-0.4, -0.2) is 50.6 Å². The van der Waals surface area contributed by atoms with E-state index in [1.165, 1.54) is 47.0 Å². The monoisotopic (exact) mass is 602 g/mol. The van der Waals surface area contributed by atoms with Crippen LogP contribution in [0.4, 0.5) is 18.9 Å². The molecule has 2 N–H and O–H groups in total. The van der Waals surface area contributed by atoms with Gasteiger partial charge in [0.1, 0.15) is 24.3 Å². The van der Waals surface area contributed by atoms with Gasteiger partial charge in [-0.15, -0.1) is 30.0 Å². The molecule has 3 aromatic rings. The molecule has 0 radical (unpaired) electrons. The van der Waals surface area contributed by atoms with E-state index in [2.05, 4.69) is 58.6 Å². The molecule has 0 spiro atoms. The molecule has 1 aliphatic heterocycles. The van der Waals surface area contributed by atoms with Gasteiger partial charge in [0.25, 0.3) is 0 Å². The minimum atomic E-state index is -4.74. The second-order valence-electron chi connectivity index (χ2n) is 10.7. The molecule has 2 aromatic carbocycles. The highest BCUT2D eigenvalue weighted by Gasteiger charge is 2.35. The molecule has 0 bridgehead atoms. The number of benzene rings is 2. The van der Waals surface area contributed by atoms with Gasteiger partial charge >= 0.3 is 6.36 Å². The number of anilines is 1. The average molecular weight is 603 g/mol. The molecule has 13 heteroatoms. The van der Waals surface area contributed by atoms with Crippen LogP contribution in [0.15, 0.2) is 60.9 Å². The minimum absolute atomic E-state index is 0.0637. The van der Waals surface area contributed by atoms with Crippen LogP contribution in [0.5, 0.6) is 5.75 Å². The fourth-order valence-electron chi connectivity index (χ4n) is 4.94. The highest BCUT2D eigenvalue weighted by Crippen LogP contribution is 2.36. The summed E-state index contributed by atoms with van der Waals surface area (Å²) < 4.78 is 48.9. The summed E-state index contributed by atoms with van der Waals surface area (Å²) in [4.78, 5) is 18.9. The van der Waals surface area contributed by atoms with Crippen LogP contribution < -0.4 is 20.5 Å². The number of rotatable bonds is 10. The number of alkyl halides is 3. The van der Waals surface area contributed by atoms with Gasteiger partial charge in [-0.3, -0.25) is 9.69 Å². The number of ether oxygens (including phenoxy) is 2. The topological polar surface area (TPSA) is 93.5 Å². The van der Waals surface area contributed by atoms with Crippen molar-refractivity contribution in [2.45, 2.75) is 63.4 Å². The van der Waals surface area contributed by atoms with Crippen molar-refractivity contribution in [2.75, 3.05) is 17.4 Å². The van der Waals surface area contributed by atoms with E-state index in [1.54, 1.807) is 4.90 Å². The number of nitrogens with zero attached hydrogens (tertiary/aromatic N) is 4. The highest BCUT2D eigenvalue weighted by molar-refractivity contribution is 8.01. The van der Waals surface area contributed by atoms with Crippen molar-refractivity contribution in [3.8, 4) is 11.4 Å². The Morgan fingerprint density at radius 1 is 1.17 bits per heavy atom. The number of hydrogen-bond donors (Lipinski definition) is 2. The Bertz CT molecular complexity index is 1430. The van der Waals surface area contributed by atoms with Crippen molar-refractivity contribution in [3.05, 3.63) is 72.3 Å². The number of nitrogens with one attached hydrogen (secondary N) is 2. The third kappa shape index (κ3) is 7.14. The maximum Gasteiger partial charge on any atom is 0.573 e. The Kier molecular flexibility index (Phi) is 8.92. The Hall–Kier alpha value is -3.39. The lowest BCUT2D eigenvalue weighted by Crippen LogP contribution is -2.50. The molecule has 9 nitrogen and oxygen atoms in total. The second kappa shape index (κ2) is 12.5. The SMILES string of the molecule is CC(C)c1ccccc1N1C(=O)CSC1NNCOC1(C)CC=C(c2ncn(-c3ccc(OC(F)(F)F)cc3)n2)CC1. The molecule has 1 fully saturated rings. The van der Waals surface area contributed by atoms with Crippen LogP contribution in [0.2, 0.25) is 0 Å². The van der Waals surface area contributed by atoms with E-state index in [0.717, 1.165) is 23.2 Å². The Labute approximate surface area is 246 Å². The standard InChI is InChI=1S/C29H33F3N6O3S/c1-19(2)23-6-4-5-7-24(23)38-25(39)16-42-27(38)35-34-18-40-28(3)14-12-20(13-15-28)26-33-17-37(36-26)21-8-10-22(11-9-21)41-29(30,31)32/h4-12,17,19,27,34-35H,13-16,18H2,1-3H3. The zero-order valence-corrected chi connectivity index (χ0v) is 24.3. The molecule has 1 aromatic heterocycles. The summed E-state index contributed by atoms with van der Waals surface area (Å²) in [7, 11) is 0. The fourth-order valence-corrected chi connectivity index (χ4v) is 5.92. The summed E-state index contributed by atoms with van der Waals surface area (Å²) in [6.45, 7) is 6.54. The Morgan fingerprint density at radius 2 is 1.93 bits per heavy atom. The third-order valence-electron chi connectivity index (χ3n) is 7.22. The van der Waals surface area contributed by atoms with Crippen LogP contribution in [0.3, 0.4) is 0 Å². The quantitative estimate of drug-likeness (QED) is 0.172. The summed E-state index contributed by atoms with van der Waals surface area (Å²) in [5, 5.41) is 4.51. The predicted molar refractivity (Wildman–Crippen MR) is 155 cm³/mol. The van der Waals surface area contributed by atoms with E-state index in [4.69, 9.17) is 4.74 Å². The first kappa shape index (κ1) is 30.1. The average Bonchev–Trinajstić information content (AvgIpc) is 3.58. The van der Waals surface area contributed by atoms with E-state index >= 15 is 0 Å². The number of hydrogen-bond acceptors (Lipinski definition) is 8. The number of thioether (sulfide) groups is 1. The summed E-state index contributed by atoms with van der Waals surface area (Å²) in [6, 6.07) is 13.4. The van der Waals surface area contributed by atoms with E-state index in [9.17, 15) is 18.0 Å². The summed E-state index contributed by atoms with van der Waals surface area (Å²) in [5.41, 5.74) is 9.34. The molecule has 1 amide bonds. The van der Waals surface area contributed by atoms with Gasteiger partial charge in [0.05, 0.1) is 17.0 Å². The molecule has 1 saturated heterocycles. The molecule has 0 saturated carbocycles. The number of carbonyl (C=O) groups excluding carboxylic acids is 1. The molecule has 5 rings (SSSR count). The largest absolute Gasteiger partial charge is 0.573 e. The first-order valence-corrected chi connectivity index (χ1v) is 14.7. The number of amides is 1. The van der Waals surface area contributed by atoms with Crippen molar-refractivity contribution >= 4 is 28.9 Å². The number of hydrazine groups is 1. The molecule has 2 unspecified atom stereocenters. The third-order valence-corrected chi connectivity index (χ3v) is 8.28.